The van der Waals surface area contributed by atoms with E-state index >= 15 is 0 Å². The van der Waals surface area contributed by atoms with Gasteiger partial charge < -0.3 is 15.2 Å². The van der Waals surface area contributed by atoms with Crippen molar-refractivity contribution in [1.82, 2.24) is 9.97 Å². The first-order valence-electron chi connectivity index (χ1n) is 10.6. The SMILES string of the molecule is NC1=NC2(CS1)c1cc(-c3cccnc3F)ccc1Oc1ncc(C3CCOCC3)cc12. The summed E-state index contributed by atoms with van der Waals surface area (Å²) in [7, 11) is 0. The van der Waals surface area contributed by atoms with Gasteiger partial charge in [0.15, 0.2) is 5.17 Å². The maximum atomic E-state index is 14.4. The topological polar surface area (TPSA) is 82.6 Å². The van der Waals surface area contributed by atoms with E-state index in [1.54, 1.807) is 12.1 Å². The highest BCUT2D eigenvalue weighted by Gasteiger charge is 2.47. The number of fused-ring (bicyclic) bond motifs is 4. The highest BCUT2D eigenvalue weighted by atomic mass is 32.2. The Kier molecular flexibility index (Phi) is 4.66. The molecule has 0 bridgehead atoms. The fraction of sp³-hybridized carbons (Fsp3) is 0.292. The van der Waals surface area contributed by atoms with E-state index in [2.05, 4.69) is 16.0 Å². The lowest BCUT2D eigenvalue weighted by molar-refractivity contribution is 0.0852. The molecule has 6 nitrogen and oxygen atoms in total. The molecule has 0 aliphatic carbocycles. The van der Waals surface area contributed by atoms with Gasteiger partial charge in [-0.2, -0.15) is 4.39 Å². The molecule has 3 aliphatic heterocycles. The summed E-state index contributed by atoms with van der Waals surface area (Å²) >= 11 is 1.51. The summed E-state index contributed by atoms with van der Waals surface area (Å²) in [5.41, 5.74) is 9.55. The molecule has 1 fully saturated rings. The lowest BCUT2D eigenvalue weighted by atomic mass is 9.80. The van der Waals surface area contributed by atoms with Crippen LogP contribution in [0.2, 0.25) is 0 Å². The number of rotatable bonds is 2. The first-order valence-corrected chi connectivity index (χ1v) is 11.6. The second-order valence-electron chi connectivity index (χ2n) is 8.26. The molecule has 32 heavy (non-hydrogen) atoms. The first-order chi connectivity index (χ1) is 15.6. The minimum Gasteiger partial charge on any atom is -0.438 e. The molecule has 0 radical (unpaired) electrons. The van der Waals surface area contributed by atoms with E-state index in [1.807, 2.05) is 24.4 Å². The minimum absolute atomic E-state index is 0.395. The van der Waals surface area contributed by atoms with Gasteiger partial charge in [0, 0.05) is 48.1 Å². The number of benzene rings is 1. The molecule has 1 spiro atoms. The van der Waals surface area contributed by atoms with Crippen molar-refractivity contribution in [3.8, 4) is 22.8 Å². The minimum atomic E-state index is -0.722. The summed E-state index contributed by atoms with van der Waals surface area (Å²) in [6.07, 6.45) is 5.28. The standard InChI is InChI=1S/C24H21FN4O2S/c25-21-17(2-1-7-27-21)15-3-4-20-18(10-15)24(13-32-23(26)29-24)19-11-16(12-28-22(19)31-20)14-5-8-30-9-6-14/h1-4,7,10-12,14H,5-6,8-9,13H2,(H2,26,29). The van der Waals surface area contributed by atoms with E-state index in [9.17, 15) is 4.39 Å². The Balaban J connectivity index is 1.51. The van der Waals surface area contributed by atoms with E-state index in [0.29, 0.717) is 34.0 Å². The zero-order valence-corrected chi connectivity index (χ0v) is 18.1. The molecule has 162 valence electrons. The fourth-order valence-corrected chi connectivity index (χ4v) is 5.72. The largest absolute Gasteiger partial charge is 0.438 e. The van der Waals surface area contributed by atoms with Crippen molar-refractivity contribution in [1.29, 1.82) is 0 Å². The van der Waals surface area contributed by atoms with E-state index in [1.165, 1.54) is 23.5 Å². The van der Waals surface area contributed by atoms with Crippen LogP contribution in [0.4, 0.5) is 4.39 Å². The summed E-state index contributed by atoms with van der Waals surface area (Å²) in [5, 5.41) is 0.526. The van der Waals surface area contributed by atoms with Gasteiger partial charge in [0.1, 0.15) is 11.3 Å². The predicted octanol–water partition coefficient (Wildman–Crippen LogP) is 4.59. The van der Waals surface area contributed by atoms with Gasteiger partial charge in [-0.05, 0) is 60.2 Å². The Morgan fingerprint density at radius 3 is 2.75 bits per heavy atom. The Hall–Kier alpha value is -2.97. The molecule has 8 heteroatoms. The third-order valence-electron chi connectivity index (χ3n) is 6.44. The number of ether oxygens (including phenoxy) is 2. The van der Waals surface area contributed by atoms with Crippen molar-refractivity contribution in [2.45, 2.75) is 24.3 Å². The van der Waals surface area contributed by atoms with E-state index in [0.717, 1.165) is 42.7 Å². The summed E-state index contributed by atoms with van der Waals surface area (Å²) in [5.74, 6) is 1.74. The van der Waals surface area contributed by atoms with Crippen molar-refractivity contribution < 1.29 is 13.9 Å². The van der Waals surface area contributed by atoms with Gasteiger partial charge in [-0.15, -0.1) is 0 Å². The molecule has 1 aromatic carbocycles. The lowest BCUT2D eigenvalue weighted by Gasteiger charge is -2.35. The Bertz CT molecular complexity index is 1240. The average molecular weight is 449 g/mol. The average Bonchev–Trinajstić information content (AvgIpc) is 3.22. The van der Waals surface area contributed by atoms with Crippen LogP contribution < -0.4 is 10.5 Å². The number of aliphatic imine (C=N–C) groups is 1. The van der Waals surface area contributed by atoms with E-state index in [-0.39, 0.29) is 0 Å². The number of aromatic nitrogens is 2. The molecule has 3 aliphatic rings. The summed E-state index contributed by atoms with van der Waals surface area (Å²) in [6, 6.07) is 11.3. The van der Waals surface area contributed by atoms with Crippen molar-refractivity contribution in [2.75, 3.05) is 19.0 Å². The molecule has 1 unspecified atom stereocenters. The molecule has 5 heterocycles. The molecule has 6 rings (SSSR count). The van der Waals surface area contributed by atoms with E-state index < -0.39 is 11.5 Å². The number of pyridine rings is 2. The van der Waals surface area contributed by atoms with Crippen LogP contribution in [0.15, 0.2) is 53.8 Å². The quantitative estimate of drug-likeness (QED) is 0.578. The highest BCUT2D eigenvalue weighted by Crippen LogP contribution is 2.53. The number of nitrogens with two attached hydrogens (primary N) is 1. The third kappa shape index (κ3) is 3.09. The molecule has 0 saturated carbocycles. The monoisotopic (exact) mass is 448 g/mol. The predicted molar refractivity (Wildman–Crippen MR) is 122 cm³/mol. The van der Waals surface area contributed by atoms with Crippen LogP contribution in [-0.4, -0.2) is 34.1 Å². The van der Waals surface area contributed by atoms with Gasteiger partial charge in [0.2, 0.25) is 11.8 Å². The Morgan fingerprint density at radius 1 is 1.09 bits per heavy atom. The number of amidine groups is 1. The van der Waals surface area contributed by atoms with Crippen LogP contribution in [-0.2, 0) is 10.3 Å². The number of hydrogen-bond acceptors (Lipinski definition) is 7. The van der Waals surface area contributed by atoms with Crippen LogP contribution in [0.25, 0.3) is 11.1 Å². The highest BCUT2D eigenvalue weighted by molar-refractivity contribution is 8.14. The van der Waals surface area contributed by atoms with Crippen molar-refractivity contribution in [3.05, 3.63) is 71.4 Å². The molecule has 3 aromatic rings. The van der Waals surface area contributed by atoms with Gasteiger partial charge in [0.05, 0.1) is 0 Å². The molecule has 2 N–H and O–H groups in total. The van der Waals surface area contributed by atoms with Gasteiger partial charge >= 0.3 is 0 Å². The Labute approximate surface area is 189 Å². The van der Waals surface area contributed by atoms with Crippen molar-refractivity contribution in [2.24, 2.45) is 10.7 Å². The van der Waals surface area contributed by atoms with Gasteiger partial charge in [-0.25, -0.2) is 15.0 Å². The second kappa shape index (κ2) is 7.56. The third-order valence-corrected chi connectivity index (χ3v) is 7.39. The number of hydrogen-bond donors (Lipinski definition) is 1. The van der Waals surface area contributed by atoms with Crippen LogP contribution in [0.5, 0.6) is 11.6 Å². The van der Waals surface area contributed by atoms with Gasteiger partial charge in [-0.1, -0.05) is 17.8 Å². The number of nitrogens with zero attached hydrogens (tertiary/aromatic N) is 3. The molecule has 2 aromatic heterocycles. The molecular formula is C24H21FN4O2S. The van der Waals surface area contributed by atoms with E-state index in [4.69, 9.17) is 20.2 Å². The van der Waals surface area contributed by atoms with Gasteiger partial charge in [0.25, 0.3) is 0 Å². The zero-order valence-electron chi connectivity index (χ0n) is 17.3. The second-order valence-corrected chi connectivity index (χ2v) is 9.26. The van der Waals surface area contributed by atoms with Crippen LogP contribution >= 0.6 is 11.8 Å². The zero-order chi connectivity index (χ0) is 21.7. The fourth-order valence-electron chi connectivity index (χ4n) is 4.77. The molecular weight excluding hydrogens is 427 g/mol. The lowest BCUT2D eigenvalue weighted by Crippen LogP contribution is -2.31. The summed E-state index contributed by atoms with van der Waals surface area (Å²) in [4.78, 5) is 13.4. The van der Waals surface area contributed by atoms with Crippen molar-refractivity contribution >= 4 is 16.9 Å². The first kappa shape index (κ1) is 19.7. The van der Waals surface area contributed by atoms with Crippen molar-refractivity contribution in [3.63, 3.8) is 0 Å². The van der Waals surface area contributed by atoms with Crippen LogP contribution in [0, 0.1) is 5.95 Å². The number of thioether (sulfide) groups is 1. The molecule has 0 amide bonds. The molecule has 1 saturated heterocycles. The summed E-state index contributed by atoms with van der Waals surface area (Å²) in [6.45, 7) is 1.51. The van der Waals surface area contributed by atoms with Crippen LogP contribution in [0.1, 0.15) is 35.4 Å². The van der Waals surface area contributed by atoms with Crippen LogP contribution in [0.3, 0.4) is 0 Å². The maximum Gasteiger partial charge on any atom is 0.225 e. The van der Waals surface area contributed by atoms with Gasteiger partial charge in [-0.3, -0.25) is 0 Å². The number of halogens is 1. The summed E-state index contributed by atoms with van der Waals surface area (Å²) < 4.78 is 26.2. The smallest absolute Gasteiger partial charge is 0.225 e. The molecule has 1 atom stereocenters. The Morgan fingerprint density at radius 2 is 1.97 bits per heavy atom. The maximum absolute atomic E-state index is 14.4. The normalized spacial score (nSPS) is 22.2.